The lowest BCUT2D eigenvalue weighted by Crippen LogP contribution is -2.37. The number of carbonyl (C=O) groups excluding carboxylic acids is 1. The van der Waals surface area contributed by atoms with Gasteiger partial charge in [0.25, 0.3) is 5.91 Å². The van der Waals surface area contributed by atoms with Gasteiger partial charge in [0.15, 0.2) is 0 Å². The van der Waals surface area contributed by atoms with Gasteiger partial charge >= 0.3 is 0 Å². The van der Waals surface area contributed by atoms with Crippen molar-refractivity contribution in [1.29, 1.82) is 0 Å². The van der Waals surface area contributed by atoms with Crippen LogP contribution in [0.15, 0.2) is 60.7 Å². The molecule has 3 aromatic rings. The fraction of sp³-hybridized carbons (Fsp3) is 0.174. The van der Waals surface area contributed by atoms with Crippen LogP contribution in [0.4, 0.5) is 5.69 Å². The number of aryl methyl sites for hydroxylation is 1. The summed E-state index contributed by atoms with van der Waals surface area (Å²) in [6, 6.07) is 19.4. The average Bonchev–Trinajstić information content (AvgIpc) is 3.03. The zero-order valence-corrected chi connectivity index (χ0v) is 18.3. The molecule has 0 aliphatic carbocycles. The number of hydrogen-bond donors (Lipinski definition) is 2. The first-order valence-corrected chi connectivity index (χ1v) is 11.5. The molecule has 0 spiro atoms. The fourth-order valence-electron chi connectivity index (χ4n) is 3.68. The topological polar surface area (TPSA) is 61.4 Å². The van der Waals surface area contributed by atoms with E-state index < -0.39 is 11.0 Å². The zero-order valence-electron chi connectivity index (χ0n) is 16.7. The van der Waals surface area contributed by atoms with Gasteiger partial charge in [-0.2, -0.15) is 0 Å². The second kappa shape index (κ2) is 8.60. The summed E-state index contributed by atoms with van der Waals surface area (Å²) in [6.07, 6.45) is 1.60. The van der Waals surface area contributed by atoms with E-state index in [0.717, 1.165) is 39.1 Å². The van der Waals surface area contributed by atoms with E-state index in [-0.39, 0.29) is 5.91 Å². The Kier molecular flexibility index (Phi) is 5.90. The van der Waals surface area contributed by atoms with Crippen molar-refractivity contribution in [2.24, 2.45) is 0 Å². The molecule has 3 aromatic carbocycles. The molecule has 0 fully saturated rings. The van der Waals surface area contributed by atoms with Crippen molar-refractivity contribution >= 4 is 34.2 Å². The number of amides is 1. The Morgan fingerprint density at radius 3 is 2.57 bits per heavy atom. The number of nitrogens with zero attached hydrogens (tertiary/aromatic N) is 1. The molecule has 1 aliphatic rings. The van der Waals surface area contributed by atoms with Crippen LogP contribution in [0.5, 0.6) is 0 Å². The summed E-state index contributed by atoms with van der Waals surface area (Å²) in [5.74, 6) is -0.0141. The Morgan fingerprint density at radius 1 is 1.07 bits per heavy atom. The molecule has 2 N–H and O–H groups in total. The number of fused-ring (bicyclic) bond motifs is 1. The van der Waals surface area contributed by atoms with E-state index in [9.17, 15) is 9.00 Å². The normalized spacial score (nSPS) is 14.0. The third kappa shape index (κ3) is 4.41. The number of benzene rings is 3. The van der Waals surface area contributed by atoms with Gasteiger partial charge in [-0.25, -0.2) is 9.63 Å². The molecular formula is C23H22ClN3O2S. The number of hydrazine groups is 1. The van der Waals surface area contributed by atoms with E-state index >= 15 is 0 Å². The summed E-state index contributed by atoms with van der Waals surface area (Å²) in [4.78, 5) is 12.9. The Hall–Kier alpha value is -2.67. The predicted octanol–water partition coefficient (Wildman–Crippen LogP) is 4.68. The number of hydrogen-bond acceptors (Lipinski definition) is 3. The van der Waals surface area contributed by atoms with Crippen molar-refractivity contribution < 1.29 is 9.00 Å². The summed E-state index contributed by atoms with van der Waals surface area (Å²) in [5, 5.41) is 2.35. The summed E-state index contributed by atoms with van der Waals surface area (Å²) >= 11 is 5.94. The van der Waals surface area contributed by atoms with E-state index in [0.29, 0.717) is 18.1 Å². The highest BCUT2D eigenvalue weighted by Gasteiger charge is 2.29. The molecule has 0 bridgehead atoms. The first-order valence-electron chi connectivity index (χ1n) is 9.54. The highest BCUT2D eigenvalue weighted by atomic mass is 35.5. The van der Waals surface area contributed by atoms with Crippen LogP contribution in [-0.2, 0) is 24.1 Å². The van der Waals surface area contributed by atoms with Gasteiger partial charge in [0, 0.05) is 29.1 Å². The van der Waals surface area contributed by atoms with Gasteiger partial charge in [-0.1, -0.05) is 41.9 Å². The Morgan fingerprint density at radius 2 is 1.83 bits per heavy atom. The molecule has 1 amide bonds. The summed E-state index contributed by atoms with van der Waals surface area (Å²) in [6.45, 7) is 3.02. The van der Waals surface area contributed by atoms with Crippen molar-refractivity contribution in [2.75, 3.05) is 11.0 Å². The lowest BCUT2D eigenvalue weighted by molar-refractivity contribution is 0.0678. The Balaban J connectivity index is 1.55. The quantitative estimate of drug-likeness (QED) is 0.586. The molecule has 154 valence electrons. The van der Waals surface area contributed by atoms with Gasteiger partial charge < -0.3 is 4.72 Å². The Bertz CT molecular complexity index is 1130. The van der Waals surface area contributed by atoms with Crippen LogP contribution in [0.25, 0.3) is 11.1 Å². The monoisotopic (exact) mass is 439 g/mol. The molecule has 0 saturated heterocycles. The van der Waals surface area contributed by atoms with Crippen molar-refractivity contribution in [3.63, 3.8) is 0 Å². The molecule has 30 heavy (non-hydrogen) atoms. The predicted molar refractivity (Wildman–Crippen MR) is 122 cm³/mol. The lowest BCUT2D eigenvalue weighted by Gasteiger charge is -2.17. The number of anilines is 1. The SMILES string of the molecule is Cc1cc(-c2cccc(NS(C)=O)c2)cc2c1C(=O)N(NCc1ccc(Cl)cc1)C2. The number of carbonyl (C=O) groups is 1. The van der Waals surface area contributed by atoms with E-state index in [1.165, 1.54) is 0 Å². The smallest absolute Gasteiger partial charge is 0.268 e. The van der Waals surface area contributed by atoms with Gasteiger partial charge in [-0.05, 0) is 65.1 Å². The number of nitrogens with one attached hydrogen (secondary N) is 2. The maximum Gasteiger partial charge on any atom is 0.268 e. The largest absolute Gasteiger partial charge is 0.305 e. The minimum Gasteiger partial charge on any atom is -0.305 e. The standard InChI is InChI=1S/C23H22ClN3O2S/c1-15-10-18(17-4-3-5-21(12-17)26-30(2)29)11-19-14-27(23(28)22(15)19)25-13-16-6-8-20(24)9-7-16/h3-12,25-26H,13-14H2,1-2H3. The Labute approximate surface area is 183 Å². The number of halogens is 1. The molecule has 1 heterocycles. The molecule has 1 atom stereocenters. The minimum absolute atomic E-state index is 0.0141. The maximum atomic E-state index is 12.9. The molecule has 0 aromatic heterocycles. The molecule has 0 radical (unpaired) electrons. The average molecular weight is 440 g/mol. The summed E-state index contributed by atoms with van der Waals surface area (Å²) in [7, 11) is -1.13. The number of rotatable bonds is 6. The first-order chi connectivity index (χ1) is 14.4. The molecule has 7 heteroatoms. The molecule has 4 rings (SSSR count). The van der Waals surface area contributed by atoms with Crippen LogP contribution in [-0.4, -0.2) is 21.4 Å². The molecular weight excluding hydrogens is 418 g/mol. The van der Waals surface area contributed by atoms with Gasteiger partial charge in [0.1, 0.15) is 11.0 Å². The van der Waals surface area contributed by atoms with Crippen molar-refractivity contribution in [3.05, 3.63) is 87.9 Å². The van der Waals surface area contributed by atoms with Crippen LogP contribution in [0, 0.1) is 6.92 Å². The molecule has 0 saturated carbocycles. The van der Waals surface area contributed by atoms with Crippen LogP contribution >= 0.6 is 11.6 Å². The molecule has 1 unspecified atom stereocenters. The van der Waals surface area contributed by atoms with Gasteiger partial charge in [0.2, 0.25) is 0 Å². The maximum absolute atomic E-state index is 12.9. The fourth-order valence-corrected chi connectivity index (χ4v) is 4.26. The van der Waals surface area contributed by atoms with Gasteiger partial charge in [-0.3, -0.25) is 9.80 Å². The van der Waals surface area contributed by atoms with Crippen LogP contribution in [0.2, 0.25) is 5.02 Å². The third-order valence-corrected chi connectivity index (χ3v) is 5.82. The van der Waals surface area contributed by atoms with Crippen LogP contribution in [0.3, 0.4) is 0 Å². The van der Waals surface area contributed by atoms with Crippen LogP contribution in [0.1, 0.15) is 27.0 Å². The van der Waals surface area contributed by atoms with Crippen molar-refractivity contribution in [3.8, 4) is 11.1 Å². The van der Waals surface area contributed by atoms with E-state index in [4.69, 9.17) is 11.6 Å². The van der Waals surface area contributed by atoms with Crippen LogP contribution < -0.4 is 10.1 Å². The van der Waals surface area contributed by atoms with Crippen molar-refractivity contribution in [2.45, 2.75) is 20.0 Å². The summed E-state index contributed by atoms with van der Waals surface area (Å²) < 4.78 is 14.4. The molecule has 5 nitrogen and oxygen atoms in total. The lowest BCUT2D eigenvalue weighted by atomic mass is 9.96. The van der Waals surface area contributed by atoms with Crippen molar-refractivity contribution in [1.82, 2.24) is 10.4 Å². The third-order valence-electron chi connectivity index (χ3n) is 5.05. The minimum atomic E-state index is -1.13. The van der Waals surface area contributed by atoms with E-state index in [1.54, 1.807) is 11.3 Å². The summed E-state index contributed by atoms with van der Waals surface area (Å²) in [5.41, 5.74) is 9.82. The first kappa shape index (κ1) is 20.6. The molecule has 1 aliphatic heterocycles. The van der Waals surface area contributed by atoms with E-state index in [2.05, 4.69) is 16.2 Å². The second-order valence-electron chi connectivity index (χ2n) is 7.32. The van der Waals surface area contributed by atoms with E-state index in [1.807, 2.05) is 61.5 Å². The van der Waals surface area contributed by atoms with Gasteiger partial charge in [0.05, 0.1) is 6.54 Å². The highest BCUT2D eigenvalue weighted by molar-refractivity contribution is 7.85. The van der Waals surface area contributed by atoms with Gasteiger partial charge in [-0.15, -0.1) is 0 Å². The second-order valence-corrected chi connectivity index (χ2v) is 8.87. The zero-order chi connectivity index (χ0) is 21.3. The highest BCUT2D eigenvalue weighted by Crippen LogP contribution is 2.32.